The largest absolute Gasteiger partial charge is 0.385 e. The number of nitrogens with zero attached hydrogens (tertiary/aromatic N) is 1. The number of carbonyl (C=O) groups is 2. The van der Waals surface area contributed by atoms with Crippen molar-refractivity contribution in [3.05, 3.63) is 70.4 Å². The molecule has 3 rings (SSSR count). The minimum atomic E-state index is -0.332. The number of anilines is 1. The topological polar surface area (TPSA) is 58.6 Å². The van der Waals surface area contributed by atoms with E-state index in [0.29, 0.717) is 35.7 Å². The molecule has 27 heavy (non-hydrogen) atoms. The van der Waals surface area contributed by atoms with Crippen molar-refractivity contribution in [2.75, 3.05) is 25.6 Å². The molecule has 1 aliphatic heterocycles. The van der Waals surface area contributed by atoms with Gasteiger partial charge in [-0.3, -0.25) is 14.5 Å². The van der Waals surface area contributed by atoms with Gasteiger partial charge in [0.25, 0.3) is 11.8 Å². The molecule has 0 bridgehead atoms. The third-order valence-corrected chi connectivity index (χ3v) is 4.60. The molecule has 2 amide bonds. The van der Waals surface area contributed by atoms with Crippen LogP contribution in [0.2, 0.25) is 5.02 Å². The Kier molecular flexibility index (Phi) is 5.94. The lowest BCUT2D eigenvalue weighted by atomic mass is 10.0. The summed E-state index contributed by atoms with van der Waals surface area (Å²) < 4.78 is 5.04. The van der Waals surface area contributed by atoms with E-state index >= 15 is 0 Å². The number of aryl methyl sites for hydroxylation is 1. The third kappa shape index (κ3) is 4.21. The molecule has 0 saturated heterocycles. The molecule has 0 aliphatic carbocycles. The second-order valence-electron chi connectivity index (χ2n) is 6.36. The average Bonchev–Trinajstić information content (AvgIpc) is 2.89. The van der Waals surface area contributed by atoms with Crippen LogP contribution in [0.15, 0.2) is 54.2 Å². The number of hydrogen-bond acceptors (Lipinski definition) is 4. The molecule has 1 N–H and O–H groups in total. The highest BCUT2D eigenvalue weighted by Gasteiger charge is 2.38. The van der Waals surface area contributed by atoms with Gasteiger partial charge in [-0.2, -0.15) is 0 Å². The van der Waals surface area contributed by atoms with E-state index in [1.54, 1.807) is 31.4 Å². The van der Waals surface area contributed by atoms with E-state index in [1.165, 1.54) is 4.90 Å². The molecule has 5 nitrogen and oxygen atoms in total. The van der Waals surface area contributed by atoms with E-state index in [-0.39, 0.29) is 17.5 Å². The Morgan fingerprint density at radius 1 is 1.00 bits per heavy atom. The average molecular weight is 385 g/mol. The summed E-state index contributed by atoms with van der Waals surface area (Å²) in [5.41, 5.74) is 3.16. The summed E-state index contributed by atoms with van der Waals surface area (Å²) in [4.78, 5) is 27.2. The van der Waals surface area contributed by atoms with Crippen LogP contribution in [0.4, 0.5) is 5.69 Å². The predicted molar refractivity (Wildman–Crippen MR) is 106 cm³/mol. The number of carbonyl (C=O) groups excluding carboxylic acids is 2. The Balaban J connectivity index is 1.97. The molecule has 2 aromatic rings. The van der Waals surface area contributed by atoms with Crippen LogP contribution in [-0.2, 0) is 14.3 Å². The molecule has 0 saturated carbocycles. The van der Waals surface area contributed by atoms with E-state index in [0.717, 1.165) is 11.3 Å². The van der Waals surface area contributed by atoms with Crippen LogP contribution in [0.3, 0.4) is 0 Å². The SMILES string of the molecule is COCCCN1C(=O)C(Nc2ccc(C)cc2)=C(c2ccc(Cl)cc2)C1=O. The number of benzene rings is 2. The molecular weight excluding hydrogens is 364 g/mol. The summed E-state index contributed by atoms with van der Waals surface area (Å²) in [6, 6.07) is 14.6. The van der Waals surface area contributed by atoms with Crippen LogP contribution in [0.25, 0.3) is 5.57 Å². The van der Waals surface area contributed by atoms with Crippen LogP contribution >= 0.6 is 11.6 Å². The second kappa shape index (κ2) is 8.37. The molecule has 0 aromatic heterocycles. The number of ether oxygens (including phenoxy) is 1. The van der Waals surface area contributed by atoms with E-state index < -0.39 is 0 Å². The summed E-state index contributed by atoms with van der Waals surface area (Å²) in [6.45, 7) is 2.78. The van der Waals surface area contributed by atoms with Crippen molar-refractivity contribution >= 4 is 34.7 Å². The van der Waals surface area contributed by atoms with Gasteiger partial charge in [0.1, 0.15) is 5.70 Å². The van der Waals surface area contributed by atoms with Crippen LogP contribution in [0, 0.1) is 6.92 Å². The minimum Gasteiger partial charge on any atom is -0.385 e. The van der Waals surface area contributed by atoms with Crippen LogP contribution in [-0.4, -0.2) is 37.0 Å². The van der Waals surface area contributed by atoms with Gasteiger partial charge in [0, 0.05) is 31.0 Å². The summed E-state index contributed by atoms with van der Waals surface area (Å²) in [7, 11) is 1.59. The molecule has 6 heteroatoms. The molecule has 0 atom stereocenters. The zero-order valence-electron chi connectivity index (χ0n) is 15.3. The summed E-state index contributed by atoms with van der Waals surface area (Å²) >= 11 is 5.97. The molecule has 1 aliphatic rings. The maximum absolute atomic E-state index is 13.0. The molecule has 140 valence electrons. The molecule has 0 unspecified atom stereocenters. The van der Waals surface area contributed by atoms with Gasteiger partial charge in [-0.25, -0.2) is 0 Å². The Morgan fingerprint density at radius 3 is 2.30 bits per heavy atom. The highest BCUT2D eigenvalue weighted by Crippen LogP contribution is 2.31. The molecule has 2 aromatic carbocycles. The van der Waals surface area contributed by atoms with E-state index in [9.17, 15) is 9.59 Å². The summed E-state index contributed by atoms with van der Waals surface area (Å²) in [6.07, 6.45) is 0.583. The molecule has 0 spiro atoms. The van der Waals surface area contributed by atoms with Crippen molar-refractivity contribution in [2.45, 2.75) is 13.3 Å². The molecule has 1 heterocycles. The Hall–Kier alpha value is -2.63. The van der Waals surface area contributed by atoms with Gasteiger partial charge >= 0.3 is 0 Å². The quantitative estimate of drug-likeness (QED) is 0.581. The van der Waals surface area contributed by atoms with E-state index in [1.807, 2.05) is 31.2 Å². The lowest BCUT2D eigenvalue weighted by Crippen LogP contribution is -2.33. The standard InChI is InChI=1S/C21H21ClN2O3/c1-14-4-10-17(11-5-14)23-19-18(15-6-8-16(22)9-7-15)20(25)24(21(19)26)12-3-13-27-2/h4-11,23H,3,12-13H2,1-2H3. The Labute approximate surface area is 163 Å². The number of amides is 2. The van der Waals surface area contributed by atoms with Crippen LogP contribution in [0.5, 0.6) is 0 Å². The van der Waals surface area contributed by atoms with Gasteiger partial charge in [-0.05, 0) is 43.2 Å². The monoisotopic (exact) mass is 384 g/mol. The van der Waals surface area contributed by atoms with Gasteiger partial charge < -0.3 is 10.1 Å². The summed E-state index contributed by atoms with van der Waals surface area (Å²) in [5, 5.41) is 3.71. The normalized spacial score (nSPS) is 14.3. The smallest absolute Gasteiger partial charge is 0.278 e. The van der Waals surface area contributed by atoms with Crippen LogP contribution < -0.4 is 5.32 Å². The maximum atomic E-state index is 13.0. The predicted octanol–water partition coefficient (Wildman–Crippen LogP) is 3.88. The van der Waals surface area contributed by atoms with Gasteiger partial charge in [-0.1, -0.05) is 41.4 Å². The summed E-state index contributed by atoms with van der Waals surface area (Å²) in [5.74, 6) is -0.644. The molecular formula is C21H21ClN2O3. The van der Waals surface area contributed by atoms with Crippen molar-refractivity contribution in [1.29, 1.82) is 0 Å². The van der Waals surface area contributed by atoms with Crippen molar-refractivity contribution in [3.63, 3.8) is 0 Å². The number of methoxy groups -OCH3 is 1. The number of hydrogen-bond donors (Lipinski definition) is 1. The number of rotatable bonds is 7. The van der Waals surface area contributed by atoms with Gasteiger partial charge in [0.15, 0.2) is 0 Å². The van der Waals surface area contributed by atoms with Crippen molar-refractivity contribution in [1.82, 2.24) is 4.90 Å². The first-order chi connectivity index (χ1) is 13.0. The van der Waals surface area contributed by atoms with Crippen molar-refractivity contribution in [2.24, 2.45) is 0 Å². The molecule has 0 radical (unpaired) electrons. The lowest BCUT2D eigenvalue weighted by molar-refractivity contribution is -0.136. The first-order valence-electron chi connectivity index (χ1n) is 8.70. The molecule has 0 fully saturated rings. The Morgan fingerprint density at radius 2 is 1.67 bits per heavy atom. The first-order valence-corrected chi connectivity index (χ1v) is 9.08. The van der Waals surface area contributed by atoms with E-state index in [2.05, 4.69) is 5.32 Å². The third-order valence-electron chi connectivity index (χ3n) is 4.35. The number of nitrogens with one attached hydrogen (secondary N) is 1. The minimum absolute atomic E-state index is 0.281. The first kappa shape index (κ1) is 19.1. The van der Waals surface area contributed by atoms with E-state index in [4.69, 9.17) is 16.3 Å². The maximum Gasteiger partial charge on any atom is 0.278 e. The fraction of sp³-hybridized carbons (Fsp3) is 0.238. The zero-order chi connectivity index (χ0) is 19.4. The van der Waals surface area contributed by atoms with Gasteiger partial charge in [0.05, 0.1) is 5.57 Å². The second-order valence-corrected chi connectivity index (χ2v) is 6.79. The Bertz CT molecular complexity index is 873. The number of halogens is 1. The lowest BCUT2D eigenvalue weighted by Gasteiger charge is -2.15. The van der Waals surface area contributed by atoms with Crippen molar-refractivity contribution < 1.29 is 14.3 Å². The highest BCUT2D eigenvalue weighted by molar-refractivity contribution is 6.36. The number of imide groups is 1. The zero-order valence-corrected chi connectivity index (χ0v) is 16.0. The van der Waals surface area contributed by atoms with Crippen molar-refractivity contribution in [3.8, 4) is 0 Å². The fourth-order valence-corrected chi connectivity index (χ4v) is 3.05. The van der Waals surface area contributed by atoms with Gasteiger partial charge in [0.2, 0.25) is 0 Å². The highest BCUT2D eigenvalue weighted by atomic mass is 35.5. The van der Waals surface area contributed by atoms with Crippen LogP contribution in [0.1, 0.15) is 17.5 Å². The van der Waals surface area contributed by atoms with Gasteiger partial charge in [-0.15, -0.1) is 0 Å². The fourth-order valence-electron chi connectivity index (χ4n) is 2.93.